The van der Waals surface area contributed by atoms with Gasteiger partial charge in [-0.1, -0.05) is 29.0 Å². The molecule has 0 aliphatic heterocycles. The lowest BCUT2D eigenvalue weighted by molar-refractivity contribution is 0.0984. The first-order valence-electron chi connectivity index (χ1n) is 8.66. The highest BCUT2D eigenvalue weighted by atomic mass is 35.5. The molecule has 0 spiro atoms. The Balaban J connectivity index is 1.80. The molecule has 8 heteroatoms. The average molecular weight is 430 g/mol. The van der Waals surface area contributed by atoms with Crippen molar-refractivity contribution in [1.82, 2.24) is 9.97 Å². The fraction of sp³-hybridized carbons (Fsp3) is 0.0952. The molecule has 4 rings (SSSR count). The van der Waals surface area contributed by atoms with Crippen LogP contribution in [0, 0.1) is 18.6 Å². The first-order valence-corrected chi connectivity index (χ1v) is 9.86. The van der Waals surface area contributed by atoms with Gasteiger partial charge in [-0.25, -0.2) is 13.8 Å². The quantitative estimate of drug-likeness (QED) is 0.413. The van der Waals surface area contributed by atoms with Crippen LogP contribution < -0.4 is 4.90 Å². The van der Waals surface area contributed by atoms with Crippen LogP contribution in [0.25, 0.3) is 10.2 Å². The van der Waals surface area contributed by atoms with Gasteiger partial charge in [0.15, 0.2) is 16.8 Å². The summed E-state index contributed by atoms with van der Waals surface area (Å²) in [7, 11) is 0. The zero-order chi connectivity index (χ0) is 20.5. The molecule has 0 aliphatic carbocycles. The second-order valence-electron chi connectivity index (χ2n) is 6.36. The van der Waals surface area contributed by atoms with E-state index in [-0.39, 0.29) is 12.1 Å². The van der Waals surface area contributed by atoms with E-state index < -0.39 is 17.5 Å². The normalized spacial score (nSPS) is 11.0. The topological polar surface area (TPSA) is 46.1 Å². The largest absolute Gasteiger partial charge is 0.278 e. The third-order valence-electron chi connectivity index (χ3n) is 4.43. The SMILES string of the molecule is Cc1c(Cl)ccc2sc(N(Cc3ccccn3)C(=O)c3ccc(F)c(F)c3)nc12. The van der Waals surface area contributed by atoms with Crippen LogP contribution in [0.5, 0.6) is 0 Å². The van der Waals surface area contributed by atoms with Gasteiger partial charge in [0, 0.05) is 16.8 Å². The van der Waals surface area contributed by atoms with E-state index in [9.17, 15) is 13.6 Å². The maximum Gasteiger partial charge on any atom is 0.260 e. The molecule has 0 fully saturated rings. The molecule has 0 aliphatic rings. The van der Waals surface area contributed by atoms with Crippen molar-refractivity contribution in [3.8, 4) is 0 Å². The third kappa shape index (κ3) is 3.83. The van der Waals surface area contributed by atoms with Gasteiger partial charge in [0.25, 0.3) is 5.91 Å². The summed E-state index contributed by atoms with van der Waals surface area (Å²) in [6, 6.07) is 12.1. The van der Waals surface area contributed by atoms with Crippen molar-refractivity contribution >= 4 is 44.2 Å². The van der Waals surface area contributed by atoms with E-state index in [1.807, 2.05) is 19.1 Å². The van der Waals surface area contributed by atoms with Crippen LogP contribution in [0.3, 0.4) is 0 Å². The van der Waals surface area contributed by atoms with Crippen molar-refractivity contribution in [2.45, 2.75) is 13.5 Å². The number of carbonyl (C=O) groups excluding carboxylic acids is 1. The van der Waals surface area contributed by atoms with E-state index in [1.165, 1.54) is 22.3 Å². The van der Waals surface area contributed by atoms with Crippen molar-refractivity contribution in [3.05, 3.63) is 88.2 Å². The van der Waals surface area contributed by atoms with Crippen LogP contribution in [-0.2, 0) is 6.54 Å². The Labute approximate surface area is 174 Å². The zero-order valence-electron chi connectivity index (χ0n) is 15.2. The summed E-state index contributed by atoms with van der Waals surface area (Å²) in [5, 5.41) is 1.00. The Morgan fingerprint density at radius 3 is 2.69 bits per heavy atom. The van der Waals surface area contributed by atoms with Gasteiger partial charge < -0.3 is 0 Å². The molecule has 0 radical (unpaired) electrons. The number of hydrogen-bond donors (Lipinski definition) is 0. The Bertz CT molecular complexity index is 1210. The Hall–Kier alpha value is -2.90. The summed E-state index contributed by atoms with van der Waals surface area (Å²) >= 11 is 7.51. The molecule has 2 aromatic heterocycles. The highest BCUT2D eigenvalue weighted by Crippen LogP contribution is 2.34. The molecule has 146 valence electrons. The highest BCUT2D eigenvalue weighted by Gasteiger charge is 2.24. The molecule has 0 atom stereocenters. The molecule has 0 bridgehead atoms. The Morgan fingerprint density at radius 1 is 1.14 bits per heavy atom. The molecule has 0 saturated heterocycles. The number of benzene rings is 2. The number of hydrogen-bond acceptors (Lipinski definition) is 4. The number of pyridine rings is 1. The molecule has 4 nitrogen and oxygen atoms in total. The standard InChI is InChI=1S/C21H14ClF2N3OS/c1-12-15(22)6-8-18-19(12)26-21(29-18)27(11-14-4-2-3-9-25-14)20(28)13-5-7-16(23)17(24)10-13/h2-10H,11H2,1H3. The monoisotopic (exact) mass is 429 g/mol. The zero-order valence-corrected chi connectivity index (χ0v) is 16.8. The second-order valence-corrected chi connectivity index (χ2v) is 7.77. The summed E-state index contributed by atoms with van der Waals surface area (Å²) in [6.07, 6.45) is 1.62. The fourth-order valence-electron chi connectivity index (χ4n) is 2.87. The minimum Gasteiger partial charge on any atom is -0.278 e. The summed E-state index contributed by atoms with van der Waals surface area (Å²) in [5.74, 6) is -2.60. The van der Waals surface area contributed by atoms with Crippen molar-refractivity contribution in [2.24, 2.45) is 0 Å². The number of aromatic nitrogens is 2. The smallest absolute Gasteiger partial charge is 0.260 e. The predicted octanol–water partition coefficient (Wildman–Crippen LogP) is 5.78. The van der Waals surface area contributed by atoms with E-state index in [1.54, 1.807) is 24.4 Å². The summed E-state index contributed by atoms with van der Waals surface area (Å²) < 4.78 is 27.9. The highest BCUT2D eigenvalue weighted by molar-refractivity contribution is 7.22. The Kier molecular flexibility index (Phi) is 5.25. The van der Waals surface area contributed by atoms with Gasteiger partial charge in [-0.05, 0) is 55.0 Å². The van der Waals surface area contributed by atoms with Gasteiger partial charge in [-0.2, -0.15) is 0 Å². The maximum atomic E-state index is 13.7. The number of thiazole rings is 1. The van der Waals surface area contributed by atoms with Crippen molar-refractivity contribution in [3.63, 3.8) is 0 Å². The number of anilines is 1. The molecule has 2 heterocycles. The number of nitrogens with zero attached hydrogens (tertiary/aromatic N) is 3. The van der Waals surface area contributed by atoms with E-state index in [2.05, 4.69) is 9.97 Å². The molecule has 1 amide bonds. The molecule has 29 heavy (non-hydrogen) atoms. The molecule has 2 aromatic carbocycles. The van der Waals surface area contributed by atoms with Crippen LogP contribution in [0.2, 0.25) is 5.02 Å². The Morgan fingerprint density at radius 2 is 1.97 bits per heavy atom. The number of rotatable bonds is 4. The number of fused-ring (bicyclic) bond motifs is 1. The van der Waals surface area contributed by atoms with Crippen LogP contribution in [-0.4, -0.2) is 15.9 Å². The van der Waals surface area contributed by atoms with Crippen LogP contribution in [0.15, 0.2) is 54.7 Å². The lowest BCUT2D eigenvalue weighted by atomic mass is 10.2. The van der Waals surface area contributed by atoms with Gasteiger partial charge in [0.05, 0.1) is 22.5 Å². The van der Waals surface area contributed by atoms with Crippen molar-refractivity contribution in [2.75, 3.05) is 4.90 Å². The lowest BCUT2D eigenvalue weighted by Crippen LogP contribution is -2.30. The van der Waals surface area contributed by atoms with Gasteiger partial charge in [-0.3, -0.25) is 14.7 Å². The van der Waals surface area contributed by atoms with Crippen molar-refractivity contribution in [1.29, 1.82) is 0 Å². The van der Waals surface area contributed by atoms with E-state index >= 15 is 0 Å². The van der Waals surface area contributed by atoms with E-state index in [0.29, 0.717) is 21.4 Å². The average Bonchev–Trinajstić information content (AvgIpc) is 3.16. The fourth-order valence-corrected chi connectivity index (χ4v) is 4.04. The van der Waals surface area contributed by atoms with Crippen LogP contribution >= 0.6 is 22.9 Å². The van der Waals surface area contributed by atoms with Crippen LogP contribution in [0.4, 0.5) is 13.9 Å². The summed E-state index contributed by atoms with van der Waals surface area (Å²) in [6.45, 7) is 1.99. The first kappa shape index (κ1) is 19.4. The number of aryl methyl sites for hydroxylation is 1. The predicted molar refractivity (Wildman–Crippen MR) is 110 cm³/mol. The number of amides is 1. The molecule has 4 aromatic rings. The summed E-state index contributed by atoms with van der Waals surface area (Å²) in [4.78, 5) is 23.5. The molecular weight excluding hydrogens is 416 g/mol. The molecule has 0 saturated carbocycles. The minimum absolute atomic E-state index is 0.0221. The minimum atomic E-state index is -1.08. The van der Waals surface area contributed by atoms with E-state index in [4.69, 9.17) is 11.6 Å². The first-order chi connectivity index (χ1) is 13.9. The second kappa shape index (κ2) is 7.85. The summed E-state index contributed by atoms with van der Waals surface area (Å²) in [5.41, 5.74) is 2.16. The van der Waals surface area contributed by atoms with E-state index in [0.717, 1.165) is 22.4 Å². The van der Waals surface area contributed by atoms with Gasteiger partial charge >= 0.3 is 0 Å². The molecule has 0 unspecified atom stereocenters. The molecular formula is C21H14ClF2N3OS. The van der Waals surface area contributed by atoms with Gasteiger partial charge in [-0.15, -0.1) is 0 Å². The third-order valence-corrected chi connectivity index (χ3v) is 5.88. The molecule has 0 N–H and O–H groups in total. The maximum absolute atomic E-state index is 13.7. The number of carbonyl (C=O) groups is 1. The number of halogens is 3. The van der Waals surface area contributed by atoms with Crippen molar-refractivity contribution < 1.29 is 13.6 Å². The van der Waals surface area contributed by atoms with Gasteiger partial charge in [0.2, 0.25) is 0 Å². The lowest BCUT2D eigenvalue weighted by Gasteiger charge is -2.19. The van der Waals surface area contributed by atoms with Gasteiger partial charge in [0.1, 0.15) is 0 Å². The van der Waals surface area contributed by atoms with Crippen LogP contribution in [0.1, 0.15) is 21.6 Å².